The lowest BCUT2D eigenvalue weighted by Crippen LogP contribution is -2.41. The van der Waals surface area contributed by atoms with Gasteiger partial charge in [-0.25, -0.2) is 8.78 Å². The van der Waals surface area contributed by atoms with Gasteiger partial charge in [-0.2, -0.15) is 0 Å². The van der Waals surface area contributed by atoms with Gasteiger partial charge in [0, 0.05) is 32.1 Å². The first-order chi connectivity index (χ1) is 9.11. The number of hydrogen-bond acceptors (Lipinski definition) is 2. The average molecular weight is 275 g/mol. The molecule has 1 saturated carbocycles. The molecule has 19 heavy (non-hydrogen) atoms. The van der Waals surface area contributed by atoms with E-state index in [1.807, 2.05) is 0 Å². The van der Waals surface area contributed by atoms with Gasteiger partial charge in [0.15, 0.2) is 0 Å². The first-order valence-electron chi connectivity index (χ1n) is 7.79. The van der Waals surface area contributed by atoms with Gasteiger partial charge in [-0.3, -0.25) is 0 Å². The normalized spacial score (nSPS) is 27.3. The fourth-order valence-electron chi connectivity index (χ4n) is 3.51. The van der Waals surface area contributed by atoms with E-state index in [0.29, 0.717) is 30.7 Å². The summed E-state index contributed by atoms with van der Waals surface area (Å²) in [6.07, 6.45) is 4.89. The fourth-order valence-corrected chi connectivity index (χ4v) is 3.51. The van der Waals surface area contributed by atoms with Crippen LogP contribution in [0.15, 0.2) is 0 Å². The zero-order valence-corrected chi connectivity index (χ0v) is 12.0. The van der Waals surface area contributed by atoms with Crippen molar-refractivity contribution in [3.8, 4) is 0 Å². The molecule has 2 rings (SSSR count). The van der Waals surface area contributed by atoms with Crippen LogP contribution in [0.1, 0.15) is 51.9 Å². The van der Waals surface area contributed by atoms with Crippen LogP contribution in [0.2, 0.25) is 0 Å². The number of ether oxygens (including phenoxy) is 1. The molecule has 1 unspecified atom stereocenters. The minimum atomic E-state index is -2.41. The molecular formula is C15H27F2NO. The van der Waals surface area contributed by atoms with Crippen molar-refractivity contribution in [1.29, 1.82) is 0 Å². The highest BCUT2D eigenvalue weighted by Crippen LogP contribution is 2.39. The molecular weight excluding hydrogens is 248 g/mol. The van der Waals surface area contributed by atoms with Gasteiger partial charge in [0.05, 0.1) is 0 Å². The van der Waals surface area contributed by atoms with Crippen LogP contribution < -0.4 is 5.32 Å². The van der Waals surface area contributed by atoms with Crippen molar-refractivity contribution in [2.45, 2.75) is 63.8 Å². The molecule has 2 nitrogen and oxygen atoms in total. The van der Waals surface area contributed by atoms with Gasteiger partial charge in [0.25, 0.3) is 0 Å². The Kier molecular flexibility index (Phi) is 5.58. The van der Waals surface area contributed by atoms with Crippen LogP contribution in [-0.4, -0.2) is 31.7 Å². The van der Waals surface area contributed by atoms with E-state index in [1.54, 1.807) is 0 Å². The standard InChI is InChI=1S/C15H27F2NO/c1-2-18-14(11-12-5-9-19-10-6-12)13-3-7-15(16,17)8-4-13/h12-14,18H,2-11H2,1H3. The lowest BCUT2D eigenvalue weighted by Gasteiger charge is -2.36. The average Bonchev–Trinajstić information content (AvgIpc) is 2.39. The van der Waals surface area contributed by atoms with Crippen LogP contribution in [0.25, 0.3) is 0 Å². The maximum Gasteiger partial charge on any atom is 0.248 e. The summed E-state index contributed by atoms with van der Waals surface area (Å²) in [7, 11) is 0. The van der Waals surface area contributed by atoms with Gasteiger partial charge in [0.2, 0.25) is 5.92 Å². The van der Waals surface area contributed by atoms with Crippen molar-refractivity contribution in [3.05, 3.63) is 0 Å². The Morgan fingerprint density at radius 3 is 2.37 bits per heavy atom. The molecule has 2 fully saturated rings. The smallest absolute Gasteiger partial charge is 0.248 e. The number of alkyl halides is 2. The van der Waals surface area contributed by atoms with E-state index in [-0.39, 0.29) is 12.8 Å². The first-order valence-corrected chi connectivity index (χ1v) is 7.79. The number of halogens is 2. The van der Waals surface area contributed by atoms with Crippen molar-refractivity contribution in [1.82, 2.24) is 5.32 Å². The van der Waals surface area contributed by atoms with Crippen molar-refractivity contribution < 1.29 is 13.5 Å². The van der Waals surface area contributed by atoms with Crippen molar-refractivity contribution in [2.75, 3.05) is 19.8 Å². The lowest BCUT2D eigenvalue weighted by atomic mass is 9.78. The largest absolute Gasteiger partial charge is 0.381 e. The summed E-state index contributed by atoms with van der Waals surface area (Å²) < 4.78 is 31.9. The monoisotopic (exact) mass is 275 g/mol. The summed E-state index contributed by atoms with van der Waals surface area (Å²) in [5.41, 5.74) is 0. The van der Waals surface area contributed by atoms with E-state index in [9.17, 15) is 8.78 Å². The van der Waals surface area contributed by atoms with Crippen molar-refractivity contribution in [2.24, 2.45) is 11.8 Å². The summed E-state index contributed by atoms with van der Waals surface area (Å²) in [4.78, 5) is 0. The Morgan fingerprint density at radius 1 is 1.16 bits per heavy atom. The van der Waals surface area contributed by atoms with Crippen LogP contribution in [-0.2, 0) is 4.74 Å². The van der Waals surface area contributed by atoms with Crippen LogP contribution in [0.5, 0.6) is 0 Å². The predicted octanol–water partition coefficient (Wildman–Crippen LogP) is 3.61. The van der Waals surface area contributed by atoms with Crippen molar-refractivity contribution >= 4 is 0 Å². The van der Waals surface area contributed by atoms with Crippen LogP contribution >= 0.6 is 0 Å². The molecule has 4 heteroatoms. The van der Waals surface area contributed by atoms with Gasteiger partial charge in [-0.15, -0.1) is 0 Å². The van der Waals surface area contributed by atoms with E-state index in [1.165, 1.54) is 0 Å². The third kappa shape index (κ3) is 4.67. The molecule has 1 N–H and O–H groups in total. The maximum atomic E-state index is 13.2. The van der Waals surface area contributed by atoms with Crippen LogP contribution in [0.3, 0.4) is 0 Å². The Bertz CT molecular complexity index is 257. The van der Waals surface area contributed by atoms with E-state index in [4.69, 9.17) is 4.74 Å². The molecule has 1 atom stereocenters. The number of hydrogen-bond donors (Lipinski definition) is 1. The van der Waals surface area contributed by atoms with E-state index in [0.717, 1.165) is 39.0 Å². The van der Waals surface area contributed by atoms with E-state index >= 15 is 0 Å². The Hall–Kier alpha value is -0.220. The Labute approximate surface area is 115 Å². The van der Waals surface area contributed by atoms with E-state index in [2.05, 4.69) is 12.2 Å². The zero-order chi connectivity index (χ0) is 13.7. The summed E-state index contributed by atoms with van der Waals surface area (Å²) in [5, 5.41) is 3.54. The third-order valence-corrected chi connectivity index (χ3v) is 4.73. The minimum absolute atomic E-state index is 0.0767. The molecule has 1 aliphatic carbocycles. The summed E-state index contributed by atoms with van der Waals surface area (Å²) in [6.45, 7) is 4.77. The summed E-state index contributed by atoms with van der Waals surface area (Å²) in [5.74, 6) is -1.27. The molecule has 112 valence electrons. The number of rotatable bonds is 5. The van der Waals surface area contributed by atoms with Gasteiger partial charge in [-0.05, 0) is 50.5 Å². The molecule has 0 bridgehead atoms. The quantitative estimate of drug-likeness (QED) is 0.827. The maximum absolute atomic E-state index is 13.2. The molecule has 0 aromatic rings. The molecule has 0 aromatic heterocycles. The summed E-state index contributed by atoms with van der Waals surface area (Å²) >= 11 is 0. The third-order valence-electron chi connectivity index (χ3n) is 4.73. The fraction of sp³-hybridized carbons (Fsp3) is 1.00. The first kappa shape index (κ1) is 15.2. The van der Waals surface area contributed by atoms with Crippen molar-refractivity contribution in [3.63, 3.8) is 0 Å². The molecule has 0 radical (unpaired) electrons. The molecule has 0 aromatic carbocycles. The SMILES string of the molecule is CCNC(CC1CCOCC1)C1CCC(F)(F)CC1. The van der Waals surface area contributed by atoms with Gasteiger partial charge in [0.1, 0.15) is 0 Å². The zero-order valence-electron chi connectivity index (χ0n) is 12.0. The van der Waals surface area contributed by atoms with Gasteiger partial charge >= 0.3 is 0 Å². The second-order valence-corrected chi connectivity index (χ2v) is 6.15. The Balaban J connectivity index is 1.84. The van der Waals surface area contributed by atoms with E-state index < -0.39 is 5.92 Å². The molecule has 1 aliphatic heterocycles. The molecule has 1 heterocycles. The highest BCUT2D eigenvalue weighted by atomic mass is 19.3. The molecule has 0 spiro atoms. The Morgan fingerprint density at radius 2 is 1.79 bits per heavy atom. The molecule has 0 amide bonds. The molecule has 1 saturated heterocycles. The van der Waals surface area contributed by atoms with Gasteiger partial charge < -0.3 is 10.1 Å². The number of nitrogens with one attached hydrogen (secondary N) is 1. The van der Waals surface area contributed by atoms with Gasteiger partial charge in [-0.1, -0.05) is 6.92 Å². The highest BCUT2D eigenvalue weighted by Gasteiger charge is 2.37. The second kappa shape index (κ2) is 6.98. The van der Waals surface area contributed by atoms with Crippen LogP contribution in [0.4, 0.5) is 8.78 Å². The highest BCUT2D eigenvalue weighted by molar-refractivity contribution is 4.86. The molecule has 2 aliphatic rings. The summed E-state index contributed by atoms with van der Waals surface area (Å²) in [6, 6.07) is 0.421. The predicted molar refractivity (Wildman–Crippen MR) is 72.5 cm³/mol. The topological polar surface area (TPSA) is 21.3 Å². The van der Waals surface area contributed by atoms with Crippen LogP contribution in [0, 0.1) is 11.8 Å². The lowest BCUT2D eigenvalue weighted by molar-refractivity contribution is -0.0510. The minimum Gasteiger partial charge on any atom is -0.381 e. The second-order valence-electron chi connectivity index (χ2n) is 6.15.